The smallest absolute Gasteiger partial charge is 0.180 e. The minimum atomic E-state index is -0.358. The number of pyridine rings is 1. The van der Waals surface area contributed by atoms with Gasteiger partial charge < -0.3 is 10.2 Å². The van der Waals surface area contributed by atoms with Crippen molar-refractivity contribution in [2.24, 2.45) is 0 Å². The van der Waals surface area contributed by atoms with Crippen molar-refractivity contribution >= 4 is 22.7 Å². The van der Waals surface area contributed by atoms with Gasteiger partial charge in [-0.15, -0.1) is 0 Å². The molecule has 0 spiro atoms. The van der Waals surface area contributed by atoms with E-state index in [1.807, 2.05) is 23.1 Å². The van der Waals surface area contributed by atoms with Gasteiger partial charge in [-0.3, -0.25) is 4.98 Å². The first-order chi connectivity index (χ1) is 12.7. The second-order valence-corrected chi connectivity index (χ2v) is 6.30. The van der Waals surface area contributed by atoms with Crippen molar-refractivity contribution in [1.82, 2.24) is 15.0 Å². The predicted molar refractivity (Wildman–Crippen MR) is 97.3 cm³/mol. The van der Waals surface area contributed by atoms with Gasteiger partial charge in [0.15, 0.2) is 5.65 Å². The molecule has 3 aromatic rings. The Kier molecular flexibility index (Phi) is 4.32. The molecular formula is C19H17FN6. The lowest BCUT2D eigenvalue weighted by atomic mass is 10.0. The molecule has 1 atom stereocenters. The Morgan fingerprint density at radius 2 is 2.08 bits per heavy atom. The molecule has 130 valence electrons. The molecule has 0 saturated carbocycles. The number of fused-ring (bicyclic) bond motifs is 1. The van der Waals surface area contributed by atoms with Gasteiger partial charge in [-0.25, -0.2) is 14.4 Å². The van der Waals surface area contributed by atoms with Gasteiger partial charge in [-0.05, 0) is 43.2 Å². The lowest BCUT2D eigenvalue weighted by Crippen LogP contribution is -2.42. The number of piperidine rings is 1. The van der Waals surface area contributed by atoms with E-state index in [1.165, 1.54) is 6.07 Å². The Bertz CT molecular complexity index is 983. The fraction of sp³-hybridized carbons (Fsp3) is 0.263. The SMILES string of the molecule is N#Cc1ccc(N2CCCC(Nc3ccc4nccnc4n3)C2)c(F)c1. The van der Waals surface area contributed by atoms with Crippen molar-refractivity contribution in [3.05, 3.63) is 54.1 Å². The molecule has 1 fully saturated rings. The third-order valence-corrected chi connectivity index (χ3v) is 4.52. The first-order valence-electron chi connectivity index (χ1n) is 8.52. The van der Waals surface area contributed by atoms with Gasteiger partial charge in [-0.2, -0.15) is 5.26 Å². The number of nitrogens with zero attached hydrogens (tertiary/aromatic N) is 5. The summed E-state index contributed by atoms with van der Waals surface area (Å²) in [4.78, 5) is 15.0. The first kappa shape index (κ1) is 16.2. The van der Waals surface area contributed by atoms with Crippen LogP contribution in [0.3, 0.4) is 0 Å². The largest absolute Gasteiger partial charge is 0.367 e. The summed E-state index contributed by atoms with van der Waals surface area (Å²) in [6.07, 6.45) is 5.19. The number of halogens is 1. The number of anilines is 2. The molecule has 2 aromatic heterocycles. The van der Waals surface area contributed by atoms with E-state index in [-0.39, 0.29) is 11.9 Å². The highest BCUT2D eigenvalue weighted by atomic mass is 19.1. The molecule has 1 saturated heterocycles. The third kappa shape index (κ3) is 3.26. The molecule has 1 aliphatic rings. The van der Waals surface area contributed by atoms with E-state index in [1.54, 1.807) is 24.5 Å². The van der Waals surface area contributed by atoms with Gasteiger partial charge >= 0.3 is 0 Å². The maximum atomic E-state index is 14.3. The number of benzene rings is 1. The molecule has 7 heteroatoms. The van der Waals surface area contributed by atoms with Gasteiger partial charge in [0.25, 0.3) is 0 Å². The molecule has 26 heavy (non-hydrogen) atoms. The summed E-state index contributed by atoms with van der Waals surface area (Å²) in [6, 6.07) is 10.5. The fourth-order valence-electron chi connectivity index (χ4n) is 3.29. The molecule has 1 aromatic carbocycles. The Hall–Kier alpha value is -3.27. The quantitative estimate of drug-likeness (QED) is 0.784. The number of rotatable bonds is 3. The van der Waals surface area contributed by atoms with Crippen molar-refractivity contribution in [3.8, 4) is 6.07 Å². The number of hydrogen-bond donors (Lipinski definition) is 1. The molecule has 0 radical (unpaired) electrons. The first-order valence-corrected chi connectivity index (χ1v) is 8.52. The molecule has 0 aliphatic carbocycles. The summed E-state index contributed by atoms with van der Waals surface area (Å²) >= 11 is 0. The normalized spacial score (nSPS) is 17.1. The number of nitriles is 1. The van der Waals surface area contributed by atoms with E-state index in [4.69, 9.17) is 5.26 Å². The Morgan fingerprint density at radius 1 is 1.19 bits per heavy atom. The second kappa shape index (κ2) is 6.92. The average molecular weight is 348 g/mol. The van der Waals surface area contributed by atoms with Crippen molar-refractivity contribution < 1.29 is 4.39 Å². The summed E-state index contributed by atoms with van der Waals surface area (Å²) < 4.78 is 14.3. The van der Waals surface area contributed by atoms with Crippen molar-refractivity contribution in [3.63, 3.8) is 0 Å². The van der Waals surface area contributed by atoms with Crippen LogP contribution >= 0.6 is 0 Å². The zero-order valence-electron chi connectivity index (χ0n) is 14.1. The monoisotopic (exact) mass is 348 g/mol. The van der Waals surface area contributed by atoms with E-state index in [2.05, 4.69) is 20.3 Å². The Morgan fingerprint density at radius 3 is 2.92 bits per heavy atom. The van der Waals surface area contributed by atoms with E-state index >= 15 is 0 Å². The Labute approximate surface area is 150 Å². The fourth-order valence-corrected chi connectivity index (χ4v) is 3.29. The van der Waals surface area contributed by atoms with Crippen LogP contribution in [0.1, 0.15) is 18.4 Å². The molecule has 6 nitrogen and oxygen atoms in total. The van der Waals surface area contributed by atoms with Crippen LogP contribution in [-0.2, 0) is 0 Å². The van der Waals surface area contributed by atoms with Gasteiger partial charge in [0, 0.05) is 31.5 Å². The standard InChI is InChI=1S/C19H17FN6/c20-15-10-13(11-21)3-5-17(15)26-9-1-2-14(12-26)24-18-6-4-16-19(25-18)23-8-7-22-16/h3-8,10,14H,1-2,9,12H2,(H,23,24,25). The zero-order chi connectivity index (χ0) is 17.9. The maximum absolute atomic E-state index is 14.3. The van der Waals surface area contributed by atoms with E-state index in [0.717, 1.165) is 30.7 Å². The highest BCUT2D eigenvalue weighted by molar-refractivity contribution is 5.71. The maximum Gasteiger partial charge on any atom is 0.180 e. The average Bonchev–Trinajstić information content (AvgIpc) is 2.68. The minimum Gasteiger partial charge on any atom is -0.367 e. The highest BCUT2D eigenvalue weighted by Crippen LogP contribution is 2.25. The summed E-state index contributed by atoms with van der Waals surface area (Å²) in [5.74, 6) is 0.383. The Balaban J connectivity index is 1.50. The van der Waals surface area contributed by atoms with Crippen molar-refractivity contribution in [2.45, 2.75) is 18.9 Å². The molecule has 0 bridgehead atoms. The van der Waals surface area contributed by atoms with Crippen molar-refractivity contribution in [1.29, 1.82) is 5.26 Å². The molecule has 4 rings (SSSR count). The summed E-state index contributed by atoms with van der Waals surface area (Å²) in [5.41, 5.74) is 2.22. The molecular weight excluding hydrogens is 331 g/mol. The molecule has 1 aliphatic heterocycles. The second-order valence-electron chi connectivity index (χ2n) is 6.30. The van der Waals surface area contributed by atoms with Crippen LogP contribution < -0.4 is 10.2 Å². The van der Waals surface area contributed by atoms with Crippen LogP contribution in [0.15, 0.2) is 42.7 Å². The highest BCUT2D eigenvalue weighted by Gasteiger charge is 2.22. The molecule has 0 amide bonds. The number of hydrogen-bond acceptors (Lipinski definition) is 6. The van der Waals surface area contributed by atoms with Crippen LogP contribution in [0.5, 0.6) is 0 Å². The lowest BCUT2D eigenvalue weighted by molar-refractivity contribution is 0.518. The zero-order valence-corrected chi connectivity index (χ0v) is 14.1. The van der Waals surface area contributed by atoms with Gasteiger partial charge in [0.2, 0.25) is 0 Å². The topological polar surface area (TPSA) is 77.7 Å². The summed E-state index contributed by atoms with van der Waals surface area (Å²) in [5, 5.41) is 12.3. The van der Waals surface area contributed by atoms with Crippen LogP contribution in [0.4, 0.5) is 15.9 Å². The van der Waals surface area contributed by atoms with E-state index < -0.39 is 0 Å². The van der Waals surface area contributed by atoms with Gasteiger partial charge in [0.1, 0.15) is 17.2 Å². The molecule has 3 heterocycles. The van der Waals surface area contributed by atoms with Crippen LogP contribution in [0.25, 0.3) is 11.2 Å². The summed E-state index contributed by atoms with van der Waals surface area (Å²) in [6.45, 7) is 1.46. The third-order valence-electron chi connectivity index (χ3n) is 4.52. The van der Waals surface area contributed by atoms with Crippen LogP contribution in [0.2, 0.25) is 0 Å². The number of aromatic nitrogens is 3. The van der Waals surface area contributed by atoms with Gasteiger partial charge in [0.05, 0.1) is 17.3 Å². The van der Waals surface area contributed by atoms with Gasteiger partial charge in [-0.1, -0.05) is 0 Å². The van der Waals surface area contributed by atoms with Crippen molar-refractivity contribution in [2.75, 3.05) is 23.3 Å². The van der Waals surface area contributed by atoms with Crippen LogP contribution in [-0.4, -0.2) is 34.1 Å². The summed E-state index contributed by atoms with van der Waals surface area (Å²) in [7, 11) is 0. The van der Waals surface area contributed by atoms with E-state index in [9.17, 15) is 4.39 Å². The predicted octanol–water partition coefficient (Wildman–Crippen LogP) is 3.12. The lowest BCUT2D eigenvalue weighted by Gasteiger charge is -2.35. The molecule has 1 unspecified atom stereocenters. The minimum absolute atomic E-state index is 0.153. The van der Waals surface area contributed by atoms with E-state index in [0.29, 0.717) is 23.4 Å². The number of nitrogens with one attached hydrogen (secondary N) is 1. The van der Waals surface area contributed by atoms with Crippen LogP contribution in [0, 0.1) is 17.1 Å². The molecule has 1 N–H and O–H groups in total.